The van der Waals surface area contributed by atoms with Crippen molar-refractivity contribution in [3.63, 3.8) is 0 Å². The predicted octanol–water partition coefficient (Wildman–Crippen LogP) is 2.14. The number of carbonyl (C=O) groups is 2. The number of hydrogen-bond donors (Lipinski definition) is 2. The fourth-order valence-electron chi connectivity index (χ4n) is 1.78. The van der Waals surface area contributed by atoms with Gasteiger partial charge in [0, 0.05) is 5.56 Å². The quantitative estimate of drug-likeness (QED) is 0.850. The van der Waals surface area contributed by atoms with Crippen LogP contribution in [0.2, 0.25) is 0 Å². The summed E-state index contributed by atoms with van der Waals surface area (Å²) in [6.45, 7) is 3.81. The molecule has 0 bridgehead atoms. The summed E-state index contributed by atoms with van der Waals surface area (Å²) in [6, 6.07) is 14.2. The monoisotopic (exact) mass is 298 g/mol. The van der Waals surface area contributed by atoms with Gasteiger partial charge in [-0.15, -0.1) is 0 Å². The van der Waals surface area contributed by atoms with E-state index >= 15 is 0 Å². The van der Waals surface area contributed by atoms with E-state index in [0.29, 0.717) is 11.3 Å². The molecule has 0 radical (unpaired) electrons. The summed E-state index contributed by atoms with van der Waals surface area (Å²) in [5, 5.41) is 0. The summed E-state index contributed by atoms with van der Waals surface area (Å²) in [4.78, 5) is 23.4. The van der Waals surface area contributed by atoms with Gasteiger partial charge in [0.2, 0.25) is 0 Å². The minimum absolute atomic E-state index is 0.169. The molecule has 0 atom stereocenters. The van der Waals surface area contributed by atoms with E-state index in [2.05, 4.69) is 10.9 Å². The standard InChI is InChI=1S/C17H18N2O3/c1-12-8-9-15(10-13(12)2)22-11-16(20)18-19-17(21)14-6-4-3-5-7-14/h3-10H,11H2,1-2H3,(H,18,20)(H,19,21). The molecule has 5 heteroatoms. The smallest absolute Gasteiger partial charge is 0.276 e. The highest BCUT2D eigenvalue weighted by Gasteiger charge is 2.07. The van der Waals surface area contributed by atoms with Crippen LogP contribution >= 0.6 is 0 Å². The molecule has 2 rings (SSSR count). The Hall–Kier alpha value is -2.82. The summed E-state index contributed by atoms with van der Waals surface area (Å²) in [6.07, 6.45) is 0. The molecule has 2 N–H and O–H groups in total. The summed E-state index contributed by atoms with van der Waals surface area (Å²) in [7, 11) is 0. The Labute approximate surface area is 129 Å². The third-order valence-corrected chi connectivity index (χ3v) is 3.20. The van der Waals surface area contributed by atoms with Crippen LogP contribution < -0.4 is 15.6 Å². The van der Waals surface area contributed by atoms with Gasteiger partial charge in [-0.2, -0.15) is 0 Å². The Kier molecular flexibility index (Phi) is 5.14. The third-order valence-electron chi connectivity index (χ3n) is 3.20. The molecular formula is C17H18N2O3. The molecule has 0 unspecified atom stereocenters. The van der Waals surface area contributed by atoms with Crippen LogP contribution in [-0.2, 0) is 4.79 Å². The number of amides is 2. The second-order valence-corrected chi connectivity index (χ2v) is 4.90. The van der Waals surface area contributed by atoms with E-state index in [-0.39, 0.29) is 12.5 Å². The van der Waals surface area contributed by atoms with Gasteiger partial charge in [0.15, 0.2) is 6.61 Å². The van der Waals surface area contributed by atoms with E-state index in [4.69, 9.17) is 4.74 Å². The number of carbonyl (C=O) groups excluding carboxylic acids is 2. The topological polar surface area (TPSA) is 67.4 Å². The molecule has 2 amide bonds. The van der Waals surface area contributed by atoms with Crippen molar-refractivity contribution in [2.45, 2.75) is 13.8 Å². The molecule has 0 fully saturated rings. The number of nitrogens with one attached hydrogen (secondary N) is 2. The van der Waals surface area contributed by atoms with Crippen molar-refractivity contribution in [2.24, 2.45) is 0 Å². The number of ether oxygens (including phenoxy) is 1. The van der Waals surface area contributed by atoms with Crippen molar-refractivity contribution < 1.29 is 14.3 Å². The lowest BCUT2D eigenvalue weighted by atomic mass is 10.1. The van der Waals surface area contributed by atoms with Gasteiger partial charge in [-0.3, -0.25) is 20.4 Å². The normalized spacial score (nSPS) is 9.91. The SMILES string of the molecule is Cc1ccc(OCC(=O)NNC(=O)c2ccccc2)cc1C. The van der Waals surface area contributed by atoms with Crippen LogP contribution in [0.25, 0.3) is 0 Å². The Balaban J connectivity index is 1.78. The molecule has 0 saturated heterocycles. The highest BCUT2D eigenvalue weighted by molar-refractivity contribution is 5.95. The maximum atomic E-state index is 11.7. The minimum Gasteiger partial charge on any atom is -0.484 e. The largest absolute Gasteiger partial charge is 0.484 e. The average Bonchev–Trinajstić information content (AvgIpc) is 2.54. The number of hydrazine groups is 1. The van der Waals surface area contributed by atoms with Crippen molar-refractivity contribution in [1.82, 2.24) is 10.9 Å². The van der Waals surface area contributed by atoms with Gasteiger partial charge in [0.05, 0.1) is 0 Å². The first-order chi connectivity index (χ1) is 10.6. The fourth-order valence-corrected chi connectivity index (χ4v) is 1.78. The molecule has 0 aliphatic carbocycles. The van der Waals surface area contributed by atoms with Gasteiger partial charge in [-0.1, -0.05) is 24.3 Å². The molecule has 5 nitrogen and oxygen atoms in total. The van der Waals surface area contributed by atoms with Gasteiger partial charge < -0.3 is 4.74 Å². The van der Waals surface area contributed by atoms with Crippen LogP contribution in [0.4, 0.5) is 0 Å². The Morgan fingerprint density at radius 2 is 1.68 bits per heavy atom. The number of rotatable bonds is 4. The van der Waals surface area contributed by atoms with Crippen LogP contribution in [0.3, 0.4) is 0 Å². The molecule has 22 heavy (non-hydrogen) atoms. The summed E-state index contributed by atoms with van der Waals surface area (Å²) in [5.74, 6) is -0.185. The van der Waals surface area contributed by atoms with Crippen molar-refractivity contribution >= 4 is 11.8 Å². The zero-order valence-electron chi connectivity index (χ0n) is 12.6. The van der Waals surface area contributed by atoms with Gasteiger partial charge in [-0.05, 0) is 49.2 Å². The van der Waals surface area contributed by atoms with E-state index in [1.807, 2.05) is 32.0 Å². The predicted molar refractivity (Wildman–Crippen MR) is 83.5 cm³/mol. The Morgan fingerprint density at radius 1 is 0.955 bits per heavy atom. The summed E-state index contributed by atoms with van der Waals surface area (Å²) < 4.78 is 5.38. The third kappa shape index (κ3) is 4.34. The molecule has 2 aromatic carbocycles. The van der Waals surface area contributed by atoms with Gasteiger partial charge >= 0.3 is 0 Å². The van der Waals surface area contributed by atoms with Crippen LogP contribution in [0.15, 0.2) is 48.5 Å². The van der Waals surface area contributed by atoms with E-state index in [1.165, 1.54) is 0 Å². The molecule has 2 aromatic rings. The Morgan fingerprint density at radius 3 is 2.36 bits per heavy atom. The number of benzene rings is 2. The zero-order chi connectivity index (χ0) is 15.9. The van der Waals surface area contributed by atoms with E-state index < -0.39 is 5.91 Å². The average molecular weight is 298 g/mol. The highest BCUT2D eigenvalue weighted by atomic mass is 16.5. The van der Waals surface area contributed by atoms with E-state index in [1.54, 1.807) is 30.3 Å². The summed E-state index contributed by atoms with van der Waals surface area (Å²) in [5.41, 5.74) is 7.37. The molecule has 0 aromatic heterocycles. The van der Waals surface area contributed by atoms with Gasteiger partial charge in [0.1, 0.15) is 5.75 Å². The molecular weight excluding hydrogens is 280 g/mol. The number of hydrogen-bond acceptors (Lipinski definition) is 3. The first-order valence-corrected chi connectivity index (χ1v) is 6.90. The lowest BCUT2D eigenvalue weighted by Crippen LogP contribution is -2.43. The van der Waals surface area contributed by atoms with Crippen LogP contribution in [0, 0.1) is 13.8 Å². The van der Waals surface area contributed by atoms with Crippen molar-refractivity contribution in [1.29, 1.82) is 0 Å². The molecule has 0 heterocycles. The second kappa shape index (κ2) is 7.26. The number of aryl methyl sites for hydroxylation is 2. The van der Waals surface area contributed by atoms with Crippen LogP contribution in [0.5, 0.6) is 5.75 Å². The molecule has 0 spiro atoms. The Bertz CT molecular complexity index is 669. The molecule has 0 aliphatic heterocycles. The molecule has 114 valence electrons. The lowest BCUT2D eigenvalue weighted by molar-refractivity contribution is -0.123. The highest BCUT2D eigenvalue weighted by Crippen LogP contribution is 2.16. The van der Waals surface area contributed by atoms with Crippen LogP contribution in [-0.4, -0.2) is 18.4 Å². The first-order valence-electron chi connectivity index (χ1n) is 6.90. The maximum Gasteiger partial charge on any atom is 0.276 e. The minimum atomic E-state index is -0.428. The first kappa shape index (κ1) is 15.6. The molecule has 0 saturated carbocycles. The molecule has 0 aliphatic rings. The van der Waals surface area contributed by atoms with Gasteiger partial charge in [-0.25, -0.2) is 0 Å². The van der Waals surface area contributed by atoms with Crippen molar-refractivity contribution in [2.75, 3.05) is 6.61 Å². The summed E-state index contributed by atoms with van der Waals surface area (Å²) >= 11 is 0. The maximum absolute atomic E-state index is 11.7. The van der Waals surface area contributed by atoms with Crippen LogP contribution in [0.1, 0.15) is 21.5 Å². The van der Waals surface area contributed by atoms with Crippen molar-refractivity contribution in [3.05, 3.63) is 65.2 Å². The van der Waals surface area contributed by atoms with Crippen molar-refractivity contribution in [3.8, 4) is 5.75 Å². The van der Waals surface area contributed by atoms with E-state index in [9.17, 15) is 9.59 Å². The second-order valence-electron chi connectivity index (χ2n) is 4.90. The fraction of sp³-hybridized carbons (Fsp3) is 0.176. The van der Waals surface area contributed by atoms with Gasteiger partial charge in [0.25, 0.3) is 11.8 Å². The zero-order valence-corrected chi connectivity index (χ0v) is 12.6. The van der Waals surface area contributed by atoms with E-state index in [0.717, 1.165) is 11.1 Å². The lowest BCUT2D eigenvalue weighted by Gasteiger charge is -2.10.